The first-order chi connectivity index (χ1) is 18.2. The molecule has 1 atom stereocenters. The molecule has 1 aliphatic carbocycles. The highest BCUT2D eigenvalue weighted by molar-refractivity contribution is 7.97. The van der Waals surface area contributed by atoms with Gasteiger partial charge in [-0.15, -0.1) is 0 Å². The molecule has 0 bridgehead atoms. The summed E-state index contributed by atoms with van der Waals surface area (Å²) in [5.41, 5.74) is 1.41. The summed E-state index contributed by atoms with van der Waals surface area (Å²) in [5.74, 6) is -2.81. The maximum absolute atomic E-state index is 15.7. The minimum atomic E-state index is -3.45. The van der Waals surface area contributed by atoms with Crippen LogP contribution in [0.3, 0.4) is 0 Å². The lowest BCUT2D eigenvalue weighted by atomic mass is 9.90. The van der Waals surface area contributed by atoms with Gasteiger partial charge >= 0.3 is 0 Å². The number of benzene rings is 3. The molecule has 1 unspecified atom stereocenters. The monoisotopic (exact) mass is 558 g/mol. The lowest BCUT2D eigenvalue weighted by molar-refractivity contribution is -0.141. The van der Waals surface area contributed by atoms with Gasteiger partial charge < -0.3 is 9.64 Å². The molecule has 1 N–H and O–H groups in total. The van der Waals surface area contributed by atoms with E-state index in [0.29, 0.717) is 22.4 Å². The number of nitrogens with zero attached hydrogens (tertiary/aromatic N) is 1. The standard InChI is InChI=1S/C30H33ClF2N2O2S/c1-35(2)29(36)28(30(32,33)24-12-8-22(9-13-24)23-10-14-25(31)15-11-23)34-38-27-18-16-26(17-19-27)37-20-21-6-4-3-5-7-21/h8-19,21,28,34H,3-7,20H2,1-2H3. The van der Waals surface area contributed by atoms with Gasteiger partial charge in [0.25, 0.3) is 5.92 Å². The largest absolute Gasteiger partial charge is 0.493 e. The number of hydrogen-bond acceptors (Lipinski definition) is 4. The van der Waals surface area contributed by atoms with Gasteiger partial charge in [-0.25, -0.2) is 4.72 Å². The molecule has 0 spiro atoms. The molecule has 3 aromatic carbocycles. The van der Waals surface area contributed by atoms with Crippen LogP contribution in [-0.4, -0.2) is 37.6 Å². The number of carbonyl (C=O) groups is 1. The van der Waals surface area contributed by atoms with Crippen LogP contribution in [0.2, 0.25) is 5.02 Å². The average Bonchev–Trinajstić information content (AvgIpc) is 2.93. The molecule has 0 aromatic heterocycles. The quantitative estimate of drug-likeness (QED) is 0.258. The van der Waals surface area contributed by atoms with E-state index in [0.717, 1.165) is 28.8 Å². The lowest BCUT2D eigenvalue weighted by Gasteiger charge is -2.29. The van der Waals surface area contributed by atoms with Crippen LogP contribution >= 0.6 is 23.5 Å². The summed E-state index contributed by atoms with van der Waals surface area (Å²) in [5, 5.41) is 0.604. The number of likely N-dealkylation sites (N-methyl/N-ethyl adjacent to an activating group) is 1. The van der Waals surface area contributed by atoms with Crippen molar-refractivity contribution in [3.8, 4) is 16.9 Å². The van der Waals surface area contributed by atoms with Gasteiger partial charge in [0.15, 0.2) is 6.04 Å². The zero-order valence-corrected chi connectivity index (χ0v) is 23.2. The minimum Gasteiger partial charge on any atom is -0.493 e. The lowest BCUT2D eigenvalue weighted by Crippen LogP contribution is -2.50. The molecule has 1 saturated carbocycles. The van der Waals surface area contributed by atoms with Crippen LogP contribution in [0.5, 0.6) is 5.75 Å². The Morgan fingerprint density at radius 3 is 2.13 bits per heavy atom. The number of rotatable bonds is 10. The Balaban J connectivity index is 1.42. The van der Waals surface area contributed by atoms with Crippen LogP contribution in [-0.2, 0) is 10.7 Å². The molecule has 1 amide bonds. The molecule has 4 nitrogen and oxygen atoms in total. The molecule has 0 heterocycles. The van der Waals surface area contributed by atoms with E-state index < -0.39 is 17.9 Å². The maximum Gasteiger partial charge on any atom is 0.298 e. The molecule has 1 aliphatic rings. The van der Waals surface area contributed by atoms with Crippen molar-refractivity contribution >= 4 is 29.5 Å². The zero-order chi connectivity index (χ0) is 27.1. The van der Waals surface area contributed by atoms with Crippen molar-refractivity contribution < 1.29 is 18.3 Å². The van der Waals surface area contributed by atoms with E-state index in [2.05, 4.69) is 4.72 Å². The van der Waals surface area contributed by atoms with Crippen LogP contribution in [0.25, 0.3) is 11.1 Å². The van der Waals surface area contributed by atoms with Crippen molar-refractivity contribution in [1.82, 2.24) is 9.62 Å². The summed E-state index contributed by atoms with van der Waals surface area (Å²) < 4.78 is 40.1. The fraction of sp³-hybridized carbons (Fsp3) is 0.367. The van der Waals surface area contributed by atoms with Gasteiger partial charge in [0, 0.05) is 29.6 Å². The third-order valence-corrected chi connectivity index (χ3v) is 7.94. The molecule has 8 heteroatoms. The first-order valence-corrected chi connectivity index (χ1v) is 14.0. The van der Waals surface area contributed by atoms with E-state index in [1.165, 1.54) is 63.2 Å². The maximum atomic E-state index is 15.7. The van der Waals surface area contributed by atoms with Crippen molar-refractivity contribution in [3.05, 3.63) is 83.4 Å². The zero-order valence-electron chi connectivity index (χ0n) is 21.6. The van der Waals surface area contributed by atoms with Gasteiger partial charge in [0.05, 0.1) is 6.61 Å². The number of halogens is 3. The molecule has 3 aromatic rings. The Bertz CT molecular complexity index is 1180. The fourth-order valence-electron chi connectivity index (χ4n) is 4.53. The summed E-state index contributed by atoms with van der Waals surface area (Å²) in [6.07, 6.45) is 6.24. The number of ether oxygens (including phenoxy) is 1. The van der Waals surface area contributed by atoms with Crippen molar-refractivity contribution in [2.24, 2.45) is 5.92 Å². The number of hydrogen-bond donors (Lipinski definition) is 1. The predicted octanol–water partition coefficient (Wildman–Crippen LogP) is 7.81. The van der Waals surface area contributed by atoms with Gasteiger partial charge in [-0.05, 0) is 78.2 Å². The van der Waals surface area contributed by atoms with Crippen LogP contribution < -0.4 is 9.46 Å². The van der Waals surface area contributed by atoms with Crippen LogP contribution in [0.1, 0.15) is 37.7 Å². The average molecular weight is 559 g/mol. The number of amides is 1. The predicted molar refractivity (Wildman–Crippen MR) is 151 cm³/mol. The minimum absolute atomic E-state index is 0.241. The molecular formula is C30H33ClF2N2O2S. The second-order valence-electron chi connectivity index (χ2n) is 9.88. The van der Waals surface area contributed by atoms with Crippen LogP contribution in [0.15, 0.2) is 77.7 Å². The van der Waals surface area contributed by atoms with E-state index in [1.54, 1.807) is 24.3 Å². The summed E-state index contributed by atoms with van der Waals surface area (Å²) in [6.45, 7) is 0.702. The van der Waals surface area contributed by atoms with Crippen LogP contribution in [0.4, 0.5) is 8.78 Å². The normalized spacial score (nSPS) is 15.2. The third kappa shape index (κ3) is 7.28. The van der Waals surface area contributed by atoms with Crippen molar-refractivity contribution in [2.75, 3.05) is 20.7 Å². The second kappa shape index (κ2) is 13.0. The Kier molecular flexibility index (Phi) is 9.69. The molecular weight excluding hydrogens is 526 g/mol. The highest BCUT2D eigenvalue weighted by Crippen LogP contribution is 2.36. The van der Waals surface area contributed by atoms with Gasteiger partial charge in [-0.3, -0.25) is 4.79 Å². The molecule has 0 radical (unpaired) electrons. The van der Waals surface area contributed by atoms with Gasteiger partial charge in [0.1, 0.15) is 5.75 Å². The first-order valence-electron chi connectivity index (χ1n) is 12.8. The first kappa shape index (κ1) is 28.4. The van der Waals surface area contributed by atoms with Gasteiger partial charge in [-0.2, -0.15) is 8.78 Å². The number of alkyl halides is 2. The summed E-state index contributed by atoms with van der Waals surface area (Å²) in [4.78, 5) is 14.7. The Hall–Kier alpha value is -2.61. The van der Waals surface area contributed by atoms with Gasteiger partial charge in [-0.1, -0.05) is 67.3 Å². The molecule has 0 aliphatic heterocycles. The van der Waals surface area contributed by atoms with E-state index >= 15 is 8.78 Å². The number of nitrogens with one attached hydrogen (secondary N) is 1. The molecule has 202 valence electrons. The highest BCUT2D eigenvalue weighted by atomic mass is 35.5. The fourth-order valence-corrected chi connectivity index (χ4v) is 5.43. The third-order valence-electron chi connectivity index (χ3n) is 6.83. The summed E-state index contributed by atoms with van der Waals surface area (Å²) in [6, 6.07) is 18.7. The summed E-state index contributed by atoms with van der Waals surface area (Å²) in [7, 11) is 2.94. The molecule has 0 saturated heterocycles. The van der Waals surface area contributed by atoms with E-state index in [1.807, 2.05) is 36.4 Å². The highest BCUT2D eigenvalue weighted by Gasteiger charge is 2.46. The van der Waals surface area contributed by atoms with Crippen molar-refractivity contribution in [2.45, 2.75) is 49.0 Å². The topological polar surface area (TPSA) is 41.6 Å². The SMILES string of the molecule is CN(C)C(=O)C(NSc1ccc(OCC2CCCCC2)cc1)C(F)(F)c1ccc(-c2ccc(Cl)cc2)cc1. The smallest absolute Gasteiger partial charge is 0.298 e. The van der Waals surface area contributed by atoms with E-state index in [-0.39, 0.29) is 5.56 Å². The second-order valence-corrected chi connectivity index (χ2v) is 11.2. The molecule has 4 rings (SSSR count). The summed E-state index contributed by atoms with van der Waals surface area (Å²) >= 11 is 6.96. The Labute approximate surface area is 232 Å². The molecule has 1 fully saturated rings. The van der Waals surface area contributed by atoms with Gasteiger partial charge in [0.2, 0.25) is 5.91 Å². The van der Waals surface area contributed by atoms with Crippen molar-refractivity contribution in [1.29, 1.82) is 0 Å². The van der Waals surface area contributed by atoms with E-state index in [9.17, 15) is 4.79 Å². The van der Waals surface area contributed by atoms with E-state index in [4.69, 9.17) is 16.3 Å². The van der Waals surface area contributed by atoms with Crippen molar-refractivity contribution in [3.63, 3.8) is 0 Å². The van der Waals surface area contributed by atoms with Crippen LogP contribution in [0, 0.1) is 5.92 Å². The number of carbonyl (C=O) groups excluding carboxylic acids is 1. The molecule has 38 heavy (non-hydrogen) atoms. The Morgan fingerprint density at radius 1 is 0.974 bits per heavy atom. The Morgan fingerprint density at radius 2 is 1.55 bits per heavy atom.